The van der Waals surface area contributed by atoms with Gasteiger partial charge in [-0.05, 0) is 17.7 Å². The fraction of sp³-hybridized carbons (Fsp3) is 0.538. The molecule has 1 aromatic carbocycles. The summed E-state index contributed by atoms with van der Waals surface area (Å²) < 4.78 is 78.3. The van der Waals surface area contributed by atoms with Crippen LogP contribution < -0.4 is 5.32 Å². The van der Waals surface area contributed by atoms with Crippen molar-refractivity contribution in [2.45, 2.75) is 38.5 Å². The van der Waals surface area contributed by atoms with Crippen LogP contribution in [0.2, 0.25) is 0 Å². The highest BCUT2D eigenvalue weighted by Gasteiger charge is 2.57. The van der Waals surface area contributed by atoms with E-state index in [0.29, 0.717) is 18.7 Å². The Kier molecular flexibility index (Phi) is 6.03. The van der Waals surface area contributed by atoms with E-state index in [4.69, 9.17) is 0 Å². The fourth-order valence-electron chi connectivity index (χ4n) is 1.68. The zero-order valence-electron chi connectivity index (χ0n) is 11.2. The summed E-state index contributed by atoms with van der Waals surface area (Å²) in [7, 11) is 0. The molecule has 0 bridgehead atoms. The van der Waals surface area contributed by atoms with Crippen molar-refractivity contribution in [2.75, 3.05) is 6.54 Å². The van der Waals surface area contributed by atoms with Gasteiger partial charge in [-0.25, -0.2) is 0 Å². The second kappa shape index (κ2) is 7.13. The molecule has 1 N–H and O–H groups in total. The minimum Gasteiger partial charge on any atom is -0.356 e. The second-order valence-electron chi connectivity index (χ2n) is 4.32. The Bertz CT molecular complexity index is 429. The Morgan fingerprint density at radius 1 is 1.00 bits per heavy atom. The highest BCUT2D eigenvalue weighted by molar-refractivity contribution is 5.26. The first-order chi connectivity index (χ1) is 9.66. The van der Waals surface area contributed by atoms with E-state index in [1.54, 1.807) is 12.1 Å². The lowest BCUT2D eigenvalue weighted by atomic mass is 10.1. The van der Waals surface area contributed by atoms with Crippen molar-refractivity contribution in [2.24, 2.45) is 0 Å². The van der Waals surface area contributed by atoms with E-state index in [0.717, 1.165) is 0 Å². The Hall–Kier alpha value is -1.28. The number of alkyl halides is 6. The van der Waals surface area contributed by atoms with Gasteiger partial charge in [0.25, 0.3) is 0 Å². The van der Waals surface area contributed by atoms with Crippen molar-refractivity contribution < 1.29 is 31.1 Å². The number of nitrogens with one attached hydrogen (secondary N) is 1. The summed E-state index contributed by atoms with van der Waals surface area (Å²) in [5.41, 5.74) is 0.888. The van der Waals surface area contributed by atoms with Crippen LogP contribution in [0.15, 0.2) is 24.3 Å². The maximum atomic E-state index is 12.4. The minimum atomic E-state index is -5.49. The van der Waals surface area contributed by atoms with E-state index in [1.165, 1.54) is 12.1 Å². The molecule has 0 aromatic heterocycles. The molecule has 0 radical (unpaired) electrons. The molecule has 0 unspecified atom stereocenters. The van der Waals surface area contributed by atoms with Gasteiger partial charge in [0.1, 0.15) is 0 Å². The number of halogens is 6. The molecular weight excluding hydrogens is 300 g/mol. The monoisotopic (exact) mass is 315 g/mol. The smallest absolute Gasteiger partial charge is 0.356 e. The normalized spacial score (nSPS) is 13.0. The summed E-state index contributed by atoms with van der Waals surface area (Å²) in [4.78, 5) is 0. The molecule has 0 amide bonds. The summed E-state index contributed by atoms with van der Waals surface area (Å²) in [5, 5.41) is 2.95. The summed E-state index contributed by atoms with van der Waals surface area (Å²) in [5.74, 6) is 0. The van der Waals surface area contributed by atoms with Crippen molar-refractivity contribution >= 4 is 0 Å². The Balaban J connectivity index is 2.81. The molecule has 0 aliphatic carbocycles. The molecule has 120 valence electrons. The van der Waals surface area contributed by atoms with E-state index in [1.807, 2.05) is 6.92 Å². The molecule has 0 aliphatic rings. The maximum absolute atomic E-state index is 12.4. The predicted octanol–water partition coefficient (Wildman–Crippen LogP) is 3.81. The van der Waals surface area contributed by atoms with Crippen molar-refractivity contribution in [3.8, 4) is 0 Å². The molecule has 0 spiro atoms. The molecule has 2 nitrogen and oxygen atoms in total. The van der Waals surface area contributed by atoms with E-state index >= 15 is 0 Å². The standard InChI is InChI=1S/C13H15F6NO/c1-2-20-7-9-5-3-4-6-10(9)8-21-11(12(14,15)16)13(17,18)19/h3-6,11,20H,2,7-8H2,1H3. The van der Waals surface area contributed by atoms with Gasteiger partial charge >= 0.3 is 12.4 Å². The number of hydrogen-bond donors (Lipinski definition) is 1. The molecule has 8 heteroatoms. The average molecular weight is 315 g/mol. The zero-order chi connectivity index (χ0) is 16.1. The lowest BCUT2D eigenvalue weighted by Gasteiger charge is -2.23. The average Bonchev–Trinajstić information content (AvgIpc) is 2.34. The summed E-state index contributed by atoms with van der Waals surface area (Å²) in [6.45, 7) is 2.05. The van der Waals surface area contributed by atoms with Crippen molar-refractivity contribution in [1.29, 1.82) is 0 Å². The first kappa shape index (κ1) is 17.8. The molecule has 0 atom stereocenters. The third kappa shape index (κ3) is 5.55. The van der Waals surface area contributed by atoms with Crippen LogP contribution in [0, 0.1) is 0 Å². The van der Waals surface area contributed by atoms with Gasteiger partial charge in [-0.15, -0.1) is 0 Å². The Labute approximate surface area is 118 Å². The summed E-state index contributed by atoms with van der Waals surface area (Å²) >= 11 is 0. The molecule has 21 heavy (non-hydrogen) atoms. The molecule has 1 aromatic rings. The lowest BCUT2D eigenvalue weighted by Crippen LogP contribution is -2.44. The van der Waals surface area contributed by atoms with Crippen LogP contribution in [0.4, 0.5) is 26.3 Å². The van der Waals surface area contributed by atoms with E-state index in [9.17, 15) is 26.3 Å². The Morgan fingerprint density at radius 3 is 2.00 bits per heavy atom. The predicted molar refractivity (Wildman–Crippen MR) is 64.5 cm³/mol. The van der Waals surface area contributed by atoms with Crippen molar-refractivity contribution in [3.63, 3.8) is 0 Å². The van der Waals surface area contributed by atoms with Crippen molar-refractivity contribution in [1.82, 2.24) is 5.32 Å². The molecule has 0 fully saturated rings. The van der Waals surface area contributed by atoms with Crippen molar-refractivity contribution in [3.05, 3.63) is 35.4 Å². The number of rotatable bonds is 6. The fourth-order valence-corrected chi connectivity index (χ4v) is 1.68. The van der Waals surface area contributed by atoms with Crippen LogP contribution in [-0.2, 0) is 17.9 Å². The molecule has 1 rings (SSSR count). The van der Waals surface area contributed by atoms with Crippen LogP contribution >= 0.6 is 0 Å². The number of ether oxygens (including phenoxy) is 1. The van der Waals surface area contributed by atoms with Gasteiger partial charge in [0, 0.05) is 6.54 Å². The highest BCUT2D eigenvalue weighted by atomic mass is 19.4. The molecule has 0 saturated carbocycles. The summed E-state index contributed by atoms with van der Waals surface area (Å²) in [6.07, 6.45) is -14.8. The summed E-state index contributed by atoms with van der Waals surface area (Å²) in [6, 6.07) is 6.25. The van der Waals surface area contributed by atoms with Gasteiger partial charge < -0.3 is 10.1 Å². The zero-order valence-corrected chi connectivity index (χ0v) is 11.2. The van der Waals surface area contributed by atoms with Gasteiger partial charge in [-0.3, -0.25) is 0 Å². The van der Waals surface area contributed by atoms with Crippen LogP contribution in [0.3, 0.4) is 0 Å². The minimum absolute atomic E-state index is 0.289. The van der Waals surface area contributed by atoms with E-state index < -0.39 is 25.1 Å². The van der Waals surface area contributed by atoms with Gasteiger partial charge in [0.2, 0.25) is 6.10 Å². The first-order valence-corrected chi connectivity index (χ1v) is 6.18. The van der Waals surface area contributed by atoms with Gasteiger partial charge in [0.05, 0.1) is 6.61 Å². The maximum Gasteiger partial charge on any atom is 0.423 e. The van der Waals surface area contributed by atoms with Crippen LogP contribution in [0.25, 0.3) is 0 Å². The van der Waals surface area contributed by atoms with Crippen LogP contribution in [-0.4, -0.2) is 25.0 Å². The third-order valence-electron chi connectivity index (χ3n) is 2.68. The van der Waals surface area contributed by atoms with Gasteiger partial charge in [-0.2, -0.15) is 26.3 Å². The van der Waals surface area contributed by atoms with Crippen LogP contribution in [0.5, 0.6) is 0 Å². The first-order valence-electron chi connectivity index (χ1n) is 6.18. The molecule has 0 saturated heterocycles. The van der Waals surface area contributed by atoms with Gasteiger partial charge in [0.15, 0.2) is 0 Å². The highest BCUT2D eigenvalue weighted by Crippen LogP contribution is 2.36. The molecule has 0 heterocycles. The molecule has 0 aliphatic heterocycles. The lowest BCUT2D eigenvalue weighted by molar-refractivity contribution is -0.324. The third-order valence-corrected chi connectivity index (χ3v) is 2.68. The number of benzene rings is 1. The second-order valence-corrected chi connectivity index (χ2v) is 4.32. The Morgan fingerprint density at radius 2 is 1.52 bits per heavy atom. The topological polar surface area (TPSA) is 21.3 Å². The largest absolute Gasteiger partial charge is 0.423 e. The van der Waals surface area contributed by atoms with E-state index in [2.05, 4.69) is 10.1 Å². The van der Waals surface area contributed by atoms with E-state index in [-0.39, 0.29) is 5.56 Å². The van der Waals surface area contributed by atoms with Gasteiger partial charge in [-0.1, -0.05) is 31.2 Å². The quantitative estimate of drug-likeness (QED) is 0.806. The SMILES string of the molecule is CCNCc1ccccc1COC(C(F)(F)F)C(F)(F)F. The number of hydrogen-bond acceptors (Lipinski definition) is 2. The van der Waals surface area contributed by atoms with Crippen LogP contribution in [0.1, 0.15) is 18.1 Å². The molecular formula is C13H15F6NO.